The van der Waals surface area contributed by atoms with Gasteiger partial charge in [0.15, 0.2) is 0 Å². The molecule has 0 heterocycles. The van der Waals surface area contributed by atoms with E-state index < -0.39 is 0 Å². The first-order valence-corrected chi connectivity index (χ1v) is 6.90. The van der Waals surface area contributed by atoms with Gasteiger partial charge in [-0.15, -0.1) is 0 Å². The lowest BCUT2D eigenvalue weighted by Crippen LogP contribution is -1.92. The lowest BCUT2D eigenvalue weighted by atomic mass is 10.0. The van der Waals surface area contributed by atoms with Crippen LogP contribution in [0.3, 0.4) is 0 Å². The second-order valence-corrected chi connectivity index (χ2v) is 4.85. The van der Waals surface area contributed by atoms with E-state index in [9.17, 15) is 4.39 Å². The number of rotatable bonds is 6. The highest BCUT2D eigenvalue weighted by Gasteiger charge is 2.04. The number of unbranched alkanes of at least 4 members (excludes halogenated alkanes) is 4. The SMILES string of the molecule is CCCCCCCc1[c]c2ccccc2cc1F. The van der Waals surface area contributed by atoms with Gasteiger partial charge in [0, 0.05) is 0 Å². The molecule has 2 rings (SSSR count). The zero-order valence-corrected chi connectivity index (χ0v) is 11.0. The van der Waals surface area contributed by atoms with E-state index in [1.54, 1.807) is 6.07 Å². The van der Waals surface area contributed by atoms with Gasteiger partial charge in [-0.2, -0.15) is 0 Å². The van der Waals surface area contributed by atoms with Crippen LogP contribution in [0.4, 0.5) is 4.39 Å². The Bertz CT molecular complexity index is 502. The molecule has 0 N–H and O–H groups in total. The third-order valence-electron chi connectivity index (χ3n) is 3.35. The largest absolute Gasteiger partial charge is 0.207 e. The number of aryl methyl sites for hydroxylation is 1. The molecule has 1 heteroatoms. The Morgan fingerprint density at radius 3 is 2.67 bits per heavy atom. The molecule has 0 saturated heterocycles. The average Bonchev–Trinajstić information content (AvgIpc) is 2.39. The number of hydrogen-bond acceptors (Lipinski definition) is 0. The maximum atomic E-state index is 13.9. The van der Waals surface area contributed by atoms with Gasteiger partial charge in [0.2, 0.25) is 0 Å². The molecule has 0 aromatic heterocycles. The number of fused-ring (bicyclic) bond motifs is 1. The molecule has 0 aliphatic heterocycles. The van der Waals surface area contributed by atoms with Crippen molar-refractivity contribution in [3.63, 3.8) is 0 Å². The third-order valence-corrected chi connectivity index (χ3v) is 3.35. The fraction of sp³-hybridized carbons (Fsp3) is 0.412. The highest BCUT2D eigenvalue weighted by atomic mass is 19.1. The Balaban J connectivity index is 2.01. The van der Waals surface area contributed by atoms with Crippen molar-refractivity contribution in [2.24, 2.45) is 0 Å². The van der Waals surface area contributed by atoms with Crippen molar-refractivity contribution >= 4 is 10.8 Å². The van der Waals surface area contributed by atoms with E-state index in [1.165, 1.54) is 25.7 Å². The van der Waals surface area contributed by atoms with Gasteiger partial charge in [0.25, 0.3) is 0 Å². The maximum Gasteiger partial charge on any atom is 0.127 e. The third kappa shape index (κ3) is 3.32. The summed E-state index contributed by atoms with van der Waals surface area (Å²) in [7, 11) is 0. The standard InChI is InChI=1S/C17H20F/c1-2-3-4-5-6-11-16-12-14-9-7-8-10-15(14)13-17(16)18/h7-10,13H,2-6,11H2,1H3. The van der Waals surface area contributed by atoms with Crippen molar-refractivity contribution in [1.29, 1.82) is 0 Å². The smallest absolute Gasteiger partial charge is 0.127 e. The van der Waals surface area contributed by atoms with Crippen molar-refractivity contribution in [2.45, 2.75) is 45.4 Å². The highest BCUT2D eigenvalue weighted by Crippen LogP contribution is 2.20. The van der Waals surface area contributed by atoms with Crippen molar-refractivity contribution in [1.82, 2.24) is 0 Å². The quantitative estimate of drug-likeness (QED) is 0.604. The highest BCUT2D eigenvalue weighted by molar-refractivity contribution is 5.82. The summed E-state index contributed by atoms with van der Waals surface area (Å²) < 4.78 is 13.9. The predicted molar refractivity (Wildman–Crippen MR) is 75.2 cm³/mol. The van der Waals surface area contributed by atoms with Crippen LogP contribution in [0.15, 0.2) is 30.3 Å². The van der Waals surface area contributed by atoms with Gasteiger partial charge < -0.3 is 0 Å². The van der Waals surface area contributed by atoms with Crippen LogP contribution in [0.2, 0.25) is 0 Å². The Morgan fingerprint density at radius 1 is 1.06 bits per heavy atom. The van der Waals surface area contributed by atoms with Crippen LogP contribution in [0.1, 0.15) is 44.6 Å². The van der Waals surface area contributed by atoms with Crippen molar-refractivity contribution in [2.75, 3.05) is 0 Å². The van der Waals surface area contributed by atoms with E-state index in [-0.39, 0.29) is 5.82 Å². The molecule has 0 nitrogen and oxygen atoms in total. The van der Waals surface area contributed by atoms with E-state index >= 15 is 0 Å². The summed E-state index contributed by atoms with van der Waals surface area (Å²) in [6.45, 7) is 2.21. The summed E-state index contributed by atoms with van der Waals surface area (Å²) >= 11 is 0. The van der Waals surface area contributed by atoms with Crippen LogP contribution in [-0.2, 0) is 6.42 Å². The molecular weight excluding hydrogens is 223 g/mol. The van der Waals surface area contributed by atoms with Gasteiger partial charge in [-0.1, -0.05) is 56.9 Å². The molecule has 0 aliphatic rings. The van der Waals surface area contributed by atoms with Crippen molar-refractivity contribution < 1.29 is 4.39 Å². The minimum Gasteiger partial charge on any atom is -0.207 e. The lowest BCUT2D eigenvalue weighted by molar-refractivity contribution is 0.589. The fourth-order valence-electron chi connectivity index (χ4n) is 2.27. The Labute approximate surface area is 109 Å². The van der Waals surface area contributed by atoms with Crippen LogP contribution in [0, 0.1) is 11.9 Å². The zero-order chi connectivity index (χ0) is 12.8. The topological polar surface area (TPSA) is 0 Å². The monoisotopic (exact) mass is 243 g/mol. The molecule has 0 bridgehead atoms. The maximum absolute atomic E-state index is 13.9. The molecule has 0 saturated carbocycles. The van der Waals surface area contributed by atoms with Gasteiger partial charge in [-0.3, -0.25) is 0 Å². The van der Waals surface area contributed by atoms with Gasteiger partial charge in [0.1, 0.15) is 5.82 Å². The van der Waals surface area contributed by atoms with Crippen LogP contribution < -0.4 is 0 Å². The summed E-state index contributed by atoms with van der Waals surface area (Å²) in [5, 5.41) is 1.95. The molecule has 2 aromatic carbocycles. The van der Waals surface area contributed by atoms with Crippen molar-refractivity contribution in [3.05, 3.63) is 47.8 Å². The summed E-state index contributed by atoms with van der Waals surface area (Å²) in [5.74, 6) is -0.107. The molecule has 0 unspecified atom stereocenters. The molecule has 0 fully saturated rings. The minimum atomic E-state index is -0.107. The van der Waals surface area contributed by atoms with Crippen LogP contribution in [0.25, 0.3) is 10.8 Å². The molecule has 0 aliphatic carbocycles. The molecule has 0 atom stereocenters. The molecule has 18 heavy (non-hydrogen) atoms. The second kappa shape index (κ2) is 6.53. The van der Waals surface area contributed by atoms with E-state index in [2.05, 4.69) is 13.0 Å². The molecule has 0 spiro atoms. The van der Waals surface area contributed by atoms with Gasteiger partial charge >= 0.3 is 0 Å². The second-order valence-electron chi connectivity index (χ2n) is 4.85. The summed E-state index contributed by atoms with van der Waals surface area (Å²) in [4.78, 5) is 0. The average molecular weight is 243 g/mol. The van der Waals surface area contributed by atoms with Crippen LogP contribution >= 0.6 is 0 Å². The van der Waals surface area contributed by atoms with Gasteiger partial charge in [-0.25, -0.2) is 4.39 Å². The van der Waals surface area contributed by atoms with E-state index in [1.807, 2.05) is 24.3 Å². The predicted octanol–water partition coefficient (Wildman–Crippen LogP) is 5.29. The molecule has 2 aromatic rings. The Hall–Kier alpha value is -1.37. The Morgan fingerprint density at radius 2 is 1.83 bits per heavy atom. The van der Waals surface area contributed by atoms with Crippen LogP contribution in [-0.4, -0.2) is 0 Å². The number of halogens is 1. The van der Waals surface area contributed by atoms with Gasteiger partial charge in [0.05, 0.1) is 0 Å². The normalized spacial score (nSPS) is 11.0. The first-order chi connectivity index (χ1) is 8.81. The summed E-state index contributed by atoms with van der Waals surface area (Å²) in [6.07, 6.45) is 6.84. The fourth-order valence-corrected chi connectivity index (χ4v) is 2.27. The van der Waals surface area contributed by atoms with Crippen LogP contribution in [0.5, 0.6) is 0 Å². The molecule has 95 valence electrons. The van der Waals surface area contributed by atoms with E-state index in [0.29, 0.717) is 0 Å². The zero-order valence-electron chi connectivity index (χ0n) is 11.0. The van der Waals surface area contributed by atoms with E-state index in [0.717, 1.165) is 29.2 Å². The van der Waals surface area contributed by atoms with Crippen molar-refractivity contribution in [3.8, 4) is 0 Å². The Kier molecular flexibility index (Phi) is 4.74. The first-order valence-electron chi connectivity index (χ1n) is 6.90. The van der Waals surface area contributed by atoms with E-state index in [4.69, 9.17) is 0 Å². The number of benzene rings is 2. The number of hydrogen-bond donors (Lipinski definition) is 0. The minimum absolute atomic E-state index is 0.107. The molecule has 1 radical (unpaired) electrons. The summed E-state index contributed by atoms with van der Waals surface area (Å²) in [6, 6.07) is 12.7. The van der Waals surface area contributed by atoms with Gasteiger partial charge in [-0.05, 0) is 41.3 Å². The molecule has 0 amide bonds. The lowest BCUT2D eigenvalue weighted by Gasteiger charge is -2.05. The molecular formula is C17H20F. The first kappa shape index (κ1) is 13.1. The summed E-state index contributed by atoms with van der Waals surface area (Å²) in [5.41, 5.74) is 0.741.